The van der Waals surface area contributed by atoms with Gasteiger partial charge in [-0.05, 0) is 26.7 Å². The molecule has 5 heteroatoms. The Balaban J connectivity index is 2.01. The average molecular weight is 263 g/mol. The topological polar surface area (TPSA) is 67.1 Å². The molecule has 19 heavy (non-hydrogen) atoms. The highest BCUT2D eigenvalue weighted by Gasteiger charge is 2.21. The smallest absolute Gasteiger partial charge is 0.134 e. The molecule has 0 radical (unpaired) electrons. The lowest BCUT2D eigenvalue weighted by Gasteiger charge is -2.26. The molecule has 1 aliphatic rings. The molecule has 0 atom stereocenters. The number of hydrogen-bond acceptors (Lipinski definition) is 5. The maximum atomic E-state index is 5.96. The SMILES string of the molecule is CN(c1cc(NCC(C)(C)N)ncn1)C1CCCC1. The van der Waals surface area contributed by atoms with Crippen molar-refractivity contribution in [2.24, 2.45) is 5.73 Å². The molecule has 1 saturated carbocycles. The van der Waals surface area contributed by atoms with Crippen LogP contribution in [0.1, 0.15) is 39.5 Å². The monoisotopic (exact) mass is 263 g/mol. The van der Waals surface area contributed by atoms with Gasteiger partial charge in [0.25, 0.3) is 0 Å². The van der Waals surface area contributed by atoms with Crippen LogP contribution in [0.3, 0.4) is 0 Å². The zero-order valence-corrected chi connectivity index (χ0v) is 12.2. The zero-order chi connectivity index (χ0) is 13.9. The summed E-state index contributed by atoms with van der Waals surface area (Å²) in [6, 6.07) is 2.62. The molecule has 0 bridgehead atoms. The van der Waals surface area contributed by atoms with Crippen LogP contribution in [-0.2, 0) is 0 Å². The standard InChI is InChI=1S/C14H25N5/c1-14(2,15)9-16-12-8-13(18-10-17-12)19(3)11-6-4-5-7-11/h8,10-11H,4-7,9,15H2,1-3H3,(H,16,17,18). The molecule has 0 spiro atoms. The van der Waals surface area contributed by atoms with E-state index >= 15 is 0 Å². The Bertz CT molecular complexity index is 407. The van der Waals surface area contributed by atoms with Crippen molar-refractivity contribution in [3.63, 3.8) is 0 Å². The minimum Gasteiger partial charge on any atom is -0.368 e. The number of nitrogens with two attached hydrogens (primary N) is 1. The lowest BCUT2D eigenvalue weighted by molar-refractivity contribution is 0.548. The van der Waals surface area contributed by atoms with Crippen LogP contribution in [0.5, 0.6) is 0 Å². The van der Waals surface area contributed by atoms with E-state index in [0.29, 0.717) is 12.6 Å². The van der Waals surface area contributed by atoms with Crippen molar-refractivity contribution in [1.82, 2.24) is 9.97 Å². The van der Waals surface area contributed by atoms with Crippen LogP contribution in [0.2, 0.25) is 0 Å². The molecule has 3 N–H and O–H groups in total. The van der Waals surface area contributed by atoms with E-state index in [1.54, 1.807) is 6.33 Å². The summed E-state index contributed by atoms with van der Waals surface area (Å²) in [5, 5.41) is 3.27. The highest BCUT2D eigenvalue weighted by Crippen LogP contribution is 2.26. The fourth-order valence-electron chi connectivity index (χ4n) is 2.43. The van der Waals surface area contributed by atoms with Gasteiger partial charge in [-0.15, -0.1) is 0 Å². The maximum Gasteiger partial charge on any atom is 0.134 e. The predicted octanol–water partition coefficient (Wildman–Crippen LogP) is 2.00. The van der Waals surface area contributed by atoms with Gasteiger partial charge in [-0.3, -0.25) is 0 Å². The van der Waals surface area contributed by atoms with E-state index in [4.69, 9.17) is 5.73 Å². The quantitative estimate of drug-likeness (QED) is 0.850. The average Bonchev–Trinajstić information content (AvgIpc) is 2.89. The molecular weight excluding hydrogens is 238 g/mol. The summed E-state index contributed by atoms with van der Waals surface area (Å²) >= 11 is 0. The van der Waals surface area contributed by atoms with Crippen LogP contribution in [0, 0.1) is 0 Å². The summed E-state index contributed by atoms with van der Waals surface area (Å²) in [4.78, 5) is 10.9. The van der Waals surface area contributed by atoms with E-state index in [1.807, 2.05) is 19.9 Å². The van der Waals surface area contributed by atoms with E-state index in [2.05, 4.69) is 27.2 Å². The van der Waals surface area contributed by atoms with Crippen LogP contribution in [0.25, 0.3) is 0 Å². The third kappa shape index (κ3) is 4.06. The fourth-order valence-corrected chi connectivity index (χ4v) is 2.43. The van der Waals surface area contributed by atoms with E-state index in [1.165, 1.54) is 25.7 Å². The molecule has 1 fully saturated rings. The van der Waals surface area contributed by atoms with Gasteiger partial charge in [0.2, 0.25) is 0 Å². The molecule has 5 nitrogen and oxygen atoms in total. The van der Waals surface area contributed by atoms with Gasteiger partial charge in [0.15, 0.2) is 0 Å². The van der Waals surface area contributed by atoms with Crippen molar-refractivity contribution in [1.29, 1.82) is 0 Å². The predicted molar refractivity (Wildman–Crippen MR) is 79.4 cm³/mol. The summed E-state index contributed by atoms with van der Waals surface area (Å²) in [6.45, 7) is 4.68. The van der Waals surface area contributed by atoms with Crippen molar-refractivity contribution in [3.05, 3.63) is 12.4 Å². The Morgan fingerprint density at radius 1 is 1.37 bits per heavy atom. The summed E-state index contributed by atoms with van der Waals surface area (Å²) in [5.74, 6) is 1.83. The van der Waals surface area contributed by atoms with Crippen molar-refractivity contribution < 1.29 is 0 Å². The zero-order valence-electron chi connectivity index (χ0n) is 12.2. The van der Waals surface area contributed by atoms with Crippen molar-refractivity contribution in [3.8, 4) is 0 Å². The minimum absolute atomic E-state index is 0.248. The van der Waals surface area contributed by atoms with Gasteiger partial charge in [-0.1, -0.05) is 12.8 Å². The Labute approximate surface area is 115 Å². The second kappa shape index (κ2) is 5.74. The molecule has 1 aromatic rings. The Morgan fingerprint density at radius 2 is 2.05 bits per heavy atom. The van der Waals surface area contributed by atoms with E-state index in [9.17, 15) is 0 Å². The number of aromatic nitrogens is 2. The number of hydrogen-bond donors (Lipinski definition) is 2. The van der Waals surface area contributed by atoms with Crippen LogP contribution >= 0.6 is 0 Å². The highest BCUT2D eigenvalue weighted by atomic mass is 15.2. The van der Waals surface area contributed by atoms with Crippen LogP contribution in [-0.4, -0.2) is 35.1 Å². The summed E-state index contributed by atoms with van der Waals surface area (Å²) < 4.78 is 0. The van der Waals surface area contributed by atoms with Gasteiger partial charge in [0, 0.05) is 31.2 Å². The lowest BCUT2D eigenvalue weighted by atomic mass is 10.1. The largest absolute Gasteiger partial charge is 0.368 e. The van der Waals surface area contributed by atoms with Crippen LogP contribution in [0.15, 0.2) is 12.4 Å². The van der Waals surface area contributed by atoms with Gasteiger partial charge < -0.3 is 16.0 Å². The molecule has 1 aliphatic carbocycles. The van der Waals surface area contributed by atoms with Gasteiger partial charge >= 0.3 is 0 Å². The first-order valence-corrected chi connectivity index (χ1v) is 7.03. The van der Waals surface area contributed by atoms with Crippen LogP contribution in [0.4, 0.5) is 11.6 Å². The van der Waals surface area contributed by atoms with Crippen molar-refractivity contribution in [2.45, 2.75) is 51.1 Å². The van der Waals surface area contributed by atoms with Gasteiger partial charge in [-0.2, -0.15) is 0 Å². The van der Waals surface area contributed by atoms with Crippen LogP contribution < -0.4 is 16.0 Å². The minimum atomic E-state index is -0.248. The Hall–Kier alpha value is -1.36. The molecule has 0 unspecified atom stereocenters. The normalized spacial score (nSPS) is 16.6. The summed E-state index contributed by atoms with van der Waals surface area (Å²) in [7, 11) is 2.12. The molecule has 106 valence electrons. The number of nitrogens with one attached hydrogen (secondary N) is 1. The fraction of sp³-hybridized carbons (Fsp3) is 0.714. The second-order valence-electron chi connectivity index (χ2n) is 6.15. The number of nitrogens with zero attached hydrogens (tertiary/aromatic N) is 3. The van der Waals surface area contributed by atoms with Gasteiger partial charge in [-0.25, -0.2) is 9.97 Å². The first-order valence-electron chi connectivity index (χ1n) is 7.03. The highest BCUT2D eigenvalue weighted by molar-refractivity contribution is 5.48. The van der Waals surface area contributed by atoms with E-state index in [-0.39, 0.29) is 5.54 Å². The van der Waals surface area contributed by atoms with E-state index < -0.39 is 0 Å². The van der Waals surface area contributed by atoms with Gasteiger partial charge in [0.05, 0.1) is 0 Å². The van der Waals surface area contributed by atoms with Gasteiger partial charge in [0.1, 0.15) is 18.0 Å². The molecule has 2 rings (SSSR count). The summed E-state index contributed by atoms with van der Waals surface area (Å²) in [5.41, 5.74) is 5.72. The van der Waals surface area contributed by atoms with Crippen molar-refractivity contribution in [2.75, 3.05) is 23.8 Å². The summed E-state index contributed by atoms with van der Waals surface area (Å²) in [6.07, 6.45) is 6.80. The molecule has 0 aromatic carbocycles. The molecule has 0 saturated heterocycles. The lowest BCUT2D eigenvalue weighted by Crippen LogP contribution is -2.39. The van der Waals surface area contributed by atoms with Crippen molar-refractivity contribution >= 4 is 11.6 Å². The number of rotatable bonds is 5. The molecule has 0 aliphatic heterocycles. The molecular formula is C14H25N5. The first kappa shape index (κ1) is 14.1. The Kier molecular flexibility index (Phi) is 4.24. The number of anilines is 2. The third-order valence-electron chi connectivity index (χ3n) is 3.61. The third-order valence-corrected chi connectivity index (χ3v) is 3.61. The maximum absolute atomic E-state index is 5.96. The molecule has 0 amide bonds. The second-order valence-corrected chi connectivity index (χ2v) is 6.15. The molecule has 1 aromatic heterocycles. The van der Waals surface area contributed by atoms with E-state index in [0.717, 1.165) is 11.6 Å². The first-order chi connectivity index (χ1) is 8.96. The molecule has 1 heterocycles. The Morgan fingerprint density at radius 3 is 2.68 bits per heavy atom.